The molecule has 1 aromatic heterocycles. The van der Waals surface area contributed by atoms with Crippen LogP contribution in [0, 0.1) is 5.92 Å². The molecule has 134 valence electrons. The summed E-state index contributed by atoms with van der Waals surface area (Å²) in [5.74, 6) is 1.26. The average molecular weight is 343 g/mol. The smallest absolute Gasteiger partial charge is 0.310 e. The largest absolute Gasteiger partial charge is 0.466 e. The van der Waals surface area contributed by atoms with Gasteiger partial charge in [0.1, 0.15) is 0 Å². The minimum absolute atomic E-state index is 0.0155. The molecule has 0 aliphatic carbocycles. The van der Waals surface area contributed by atoms with Gasteiger partial charge in [-0.05, 0) is 39.3 Å². The summed E-state index contributed by atoms with van der Waals surface area (Å²) in [4.78, 5) is 18.7. The van der Waals surface area contributed by atoms with E-state index < -0.39 is 0 Å². The van der Waals surface area contributed by atoms with Crippen LogP contribution >= 0.6 is 0 Å². The van der Waals surface area contributed by atoms with Crippen LogP contribution in [0.5, 0.6) is 0 Å². The van der Waals surface area contributed by atoms with E-state index in [1.54, 1.807) is 0 Å². The summed E-state index contributed by atoms with van der Waals surface area (Å²) in [5.41, 5.74) is 0.964. The number of ether oxygens (including phenoxy) is 1. The van der Waals surface area contributed by atoms with Gasteiger partial charge in [0, 0.05) is 18.5 Å². The van der Waals surface area contributed by atoms with E-state index in [-0.39, 0.29) is 11.9 Å². The van der Waals surface area contributed by atoms with Crippen LogP contribution in [0.3, 0.4) is 0 Å². The molecule has 2 aromatic rings. The molecule has 25 heavy (non-hydrogen) atoms. The number of carbonyl (C=O) groups is 1. The standard InChI is InChI=1S/C19H25N3O3/c1-2-24-19(23)16-10-6-12-22(14-16)13-7-11-17-20-18(21-25-17)15-8-4-3-5-9-15/h3-5,8-9,16H,2,6-7,10-14H2,1H3/t16-/m1/s1. The van der Waals surface area contributed by atoms with Gasteiger partial charge in [0.05, 0.1) is 12.5 Å². The first-order valence-electron chi connectivity index (χ1n) is 9.03. The van der Waals surface area contributed by atoms with E-state index in [9.17, 15) is 4.79 Å². The van der Waals surface area contributed by atoms with Crippen molar-refractivity contribution in [1.82, 2.24) is 15.0 Å². The van der Waals surface area contributed by atoms with Crippen molar-refractivity contribution in [3.63, 3.8) is 0 Å². The van der Waals surface area contributed by atoms with Gasteiger partial charge in [0.2, 0.25) is 11.7 Å². The van der Waals surface area contributed by atoms with Crippen molar-refractivity contribution in [1.29, 1.82) is 0 Å². The Morgan fingerprint density at radius 3 is 3.00 bits per heavy atom. The Kier molecular flexibility index (Phi) is 6.17. The number of hydrogen-bond acceptors (Lipinski definition) is 6. The van der Waals surface area contributed by atoms with Gasteiger partial charge in [0.15, 0.2) is 0 Å². The summed E-state index contributed by atoms with van der Waals surface area (Å²) in [6.45, 7) is 5.06. The lowest BCUT2D eigenvalue weighted by molar-refractivity contribution is -0.149. The van der Waals surface area contributed by atoms with Crippen LogP contribution in [0.15, 0.2) is 34.9 Å². The molecule has 1 aromatic carbocycles. The number of hydrogen-bond donors (Lipinski definition) is 0. The Labute approximate surface area is 148 Å². The van der Waals surface area contributed by atoms with Crippen molar-refractivity contribution in [3.8, 4) is 11.4 Å². The first-order chi connectivity index (χ1) is 12.3. The van der Waals surface area contributed by atoms with Crippen molar-refractivity contribution in [2.45, 2.75) is 32.6 Å². The van der Waals surface area contributed by atoms with Gasteiger partial charge in [-0.2, -0.15) is 4.98 Å². The Morgan fingerprint density at radius 2 is 2.20 bits per heavy atom. The maximum Gasteiger partial charge on any atom is 0.310 e. The molecular formula is C19H25N3O3. The average Bonchev–Trinajstić information content (AvgIpc) is 3.12. The molecule has 1 aliphatic rings. The number of likely N-dealkylation sites (tertiary alicyclic amines) is 1. The second-order valence-corrected chi connectivity index (χ2v) is 6.37. The van der Waals surface area contributed by atoms with Gasteiger partial charge in [-0.1, -0.05) is 35.5 Å². The molecule has 0 radical (unpaired) electrons. The molecule has 2 heterocycles. The quantitative estimate of drug-likeness (QED) is 0.720. The summed E-state index contributed by atoms with van der Waals surface area (Å²) in [6.07, 6.45) is 3.66. The summed E-state index contributed by atoms with van der Waals surface area (Å²) < 4.78 is 10.5. The van der Waals surface area contributed by atoms with E-state index in [2.05, 4.69) is 15.0 Å². The molecular weight excluding hydrogens is 318 g/mol. The fourth-order valence-corrected chi connectivity index (χ4v) is 3.23. The van der Waals surface area contributed by atoms with Crippen LogP contribution in [0.25, 0.3) is 11.4 Å². The van der Waals surface area contributed by atoms with Gasteiger partial charge in [-0.15, -0.1) is 0 Å². The molecule has 0 bridgehead atoms. The van der Waals surface area contributed by atoms with Crippen molar-refractivity contribution in [3.05, 3.63) is 36.2 Å². The van der Waals surface area contributed by atoms with Crippen molar-refractivity contribution in [2.75, 3.05) is 26.2 Å². The number of piperidine rings is 1. The number of benzene rings is 1. The number of aryl methyl sites for hydroxylation is 1. The Bertz CT molecular complexity index is 672. The third-order valence-electron chi connectivity index (χ3n) is 4.49. The molecule has 1 fully saturated rings. The summed E-state index contributed by atoms with van der Waals surface area (Å²) >= 11 is 0. The maximum absolute atomic E-state index is 11.9. The zero-order chi connectivity index (χ0) is 17.5. The Hall–Kier alpha value is -2.21. The molecule has 0 saturated carbocycles. The number of esters is 1. The van der Waals surface area contributed by atoms with Crippen LogP contribution in [0.1, 0.15) is 32.1 Å². The molecule has 1 atom stereocenters. The van der Waals surface area contributed by atoms with E-state index in [1.807, 2.05) is 37.3 Å². The molecule has 1 aliphatic heterocycles. The number of aromatic nitrogens is 2. The van der Waals surface area contributed by atoms with E-state index in [1.165, 1.54) is 0 Å². The zero-order valence-corrected chi connectivity index (χ0v) is 14.7. The minimum Gasteiger partial charge on any atom is -0.466 e. The lowest BCUT2D eigenvalue weighted by Gasteiger charge is -2.31. The van der Waals surface area contributed by atoms with Crippen LogP contribution in [0.4, 0.5) is 0 Å². The second-order valence-electron chi connectivity index (χ2n) is 6.37. The molecule has 0 N–H and O–H groups in total. The lowest BCUT2D eigenvalue weighted by atomic mass is 9.98. The first kappa shape index (κ1) is 17.6. The maximum atomic E-state index is 11.9. The first-order valence-corrected chi connectivity index (χ1v) is 9.03. The number of carbonyl (C=O) groups excluding carboxylic acids is 1. The molecule has 6 nitrogen and oxygen atoms in total. The highest BCUT2D eigenvalue weighted by Gasteiger charge is 2.26. The Morgan fingerprint density at radius 1 is 1.36 bits per heavy atom. The van der Waals surface area contributed by atoms with Crippen molar-refractivity contribution >= 4 is 5.97 Å². The van der Waals surface area contributed by atoms with E-state index in [0.29, 0.717) is 18.3 Å². The fraction of sp³-hybridized carbons (Fsp3) is 0.526. The van der Waals surface area contributed by atoms with Crippen molar-refractivity contribution < 1.29 is 14.1 Å². The second kappa shape index (κ2) is 8.76. The van der Waals surface area contributed by atoms with E-state index in [4.69, 9.17) is 9.26 Å². The highest BCUT2D eigenvalue weighted by atomic mass is 16.5. The normalized spacial score (nSPS) is 18.2. The van der Waals surface area contributed by atoms with E-state index >= 15 is 0 Å². The highest BCUT2D eigenvalue weighted by molar-refractivity contribution is 5.72. The van der Waals surface area contributed by atoms with Crippen molar-refractivity contribution in [2.24, 2.45) is 5.92 Å². The van der Waals surface area contributed by atoms with Crippen LogP contribution in [-0.4, -0.2) is 47.3 Å². The molecule has 1 saturated heterocycles. The van der Waals surface area contributed by atoms with Gasteiger partial charge in [-0.3, -0.25) is 4.79 Å². The van der Waals surface area contributed by atoms with Gasteiger partial charge in [-0.25, -0.2) is 0 Å². The topological polar surface area (TPSA) is 68.5 Å². The monoisotopic (exact) mass is 343 g/mol. The predicted octanol–water partition coefficient (Wildman–Crippen LogP) is 2.94. The summed E-state index contributed by atoms with van der Waals surface area (Å²) in [7, 11) is 0. The SMILES string of the molecule is CCOC(=O)[C@@H]1CCCN(CCCc2nc(-c3ccccc3)no2)C1. The minimum atomic E-state index is -0.0587. The van der Waals surface area contributed by atoms with Crippen LogP contribution < -0.4 is 0 Å². The fourth-order valence-electron chi connectivity index (χ4n) is 3.23. The molecule has 3 rings (SSSR count). The van der Waals surface area contributed by atoms with Crippen LogP contribution in [-0.2, 0) is 16.0 Å². The summed E-state index contributed by atoms with van der Waals surface area (Å²) in [6, 6.07) is 9.83. The molecule has 0 unspecified atom stereocenters. The van der Waals surface area contributed by atoms with Gasteiger partial charge < -0.3 is 14.2 Å². The Balaban J connectivity index is 1.45. The summed E-state index contributed by atoms with van der Waals surface area (Å²) in [5, 5.41) is 4.05. The molecule has 0 amide bonds. The third kappa shape index (κ3) is 4.89. The number of rotatable bonds is 7. The van der Waals surface area contributed by atoms with Gasteiger partial charge >= 0.3 is 5.97 Å². The number of nitrogens with zero attached hydrogens (tertiary/aromatic N) is 3. The van der Waals surface area contributed by atoms with E-state index in [0.717, 1.165) is 50.9 Å². The van der Waals surface area contributed by atoms with Crippen LogP contribution in [0.2, 0.25) is 0 Å². The van der Waals surface area contributed by atoms with Gasteiger partial charge in [0.25, 0.3) is 0 Å². The molecule has 6 heteroatoms. The predicted molar refractivity (Wildman–Crippen MR) is 93.9 cm³/mol. The highest BCUT2D eigenvalue weighted by Crippen LogP contribution is 2.19. The zero-order valence-electron chi connectivity index (χ0n) is 14.7. The molecule has 0 spiro atoms. The third-order valence-corrected chi connectivity index (χ3v) is 4.49. The lowest BCUT2D eigenvalue weighted by Crippen LogP contribution is -2.39.